The lowest BCUT2D eigenvalue weighted by molar-refractivity contribution is -0.139. The van der Waals surface area contributed by atoms with Crippen LogP contribution in [0.5, 0.6) is 0 Å². The standard InChI is InChI=1S/C15H22ClNO2/c1-5-13(14(18)19)17-9-10-6-7-11(12(16)8-10)15(2,3)4/h6-8,13,17H,5,9H2,1-4H3,(H,18,19)/t13-/m0/s1. The molecule has 1 aromatic carbocycles. The summed E-state index contributed by atoms with van der Waals surface area (Å²) in [5.41, 5.74) is 2.11. The first-order chi connectivity index (χ1) is 8.75. The van der Waals surface area contributed by atoms with Crippen LogP contribution in [0.1, 0.15) is 45.2 Å². The van der Waals surface area contributed by atoms with Crippen molar-refractivity contribution in [2.45, 2.75) is 52.1 Å². The number of carboxylic acids is 1. The Balaban J connectivity index is 2.77. The molecular formula is C15H22ClNO2. The highest BCUT2D eigenvalue weighted by Gasteiger charge is 2.18. The van der Waals surface area contributed by atoms with Crippen molar-refractivity contribution in [3.05, 3.63) is 34.3 Å². The number of halogens is 1. The summed E-state index contributed by atoms with van der Waals surface area (Å²) in [5.74, 6) is -0.820. The van der Waals surface area contributed by atoms with Crippen molar-refractivity contribution >= 4 is 17.6 Å². The summed E-state index contributed by atoms with van der Waals surface area (Å²) < 4.78 is 0. The van der Waals surface area contributed by atoms with Crippen molar-refractivity contribution in [1.82, 2.24) is 5.32 Å². The third-order valence-corrected chi connectivity index (χ3v) is 3.41. The monoisotopic (exact) mass is 283 g/mol. The molecule has 19 heavy (non-hydrogen) atoms. The molecule has 0 radical (unpaired) electrons. The molecule has 1 rings (SSSR count). The van der Waals surface area contributed by atoms with Gasteiger partial charge in [-0.25, -0.2) is 0 Å². The molecule has 0 spiro atoms. The van der Waals surface area contributed by atoms with Crippen LogP contribution in [0.15, 0.2) is 18.2 Å². The van der Waals surface area contributed by atoms with Gasteiger partial charge in [-0.2, -0.15) is 0 Å². The molecule has 0 saturated heterocycles. The van der Waals surface area contributed by atoms with Gasteiger partial charge in [0.05, 0.1) is 0 Å². The van der Waals surface area contributed by atoms with Crippen LogP contribution in [0.25, 0.3) is 0 Å². The van der Waals surface area contributed by atoms with Crippen LogP contribution in [0, 0.1) is 0 Å². The van der Waals surface area contributed by atoms with E-state index in [-0.39, 0.29) is 5.41 Å². The van der Waals surface area contributed by atoms with Gasteiger partial charge in [-0.1, -0.05) is 51.4 Å². The van der Waals surface area contributed by atoms with E-state index in [0.717, 1.165) is 16.1 Å². The third kappa shape index (κ3) is 4.51. The Morgan fingerprint density at radius 1 is 1.42 bits per heavy atom. The van der Waals surface area contributed by atoms with E-state index in [1.54, 1.807) is 0 Å². The Labute approximate surface area is 120 Å². The number of hydrogen-bond donors (Lipinski definition) is 2. The minimum atomic E-state index is -0.820. The number of benzene rings is 1. The highest BCUT2D eigenvalue weighted by Crippen LogP contribution is 2.29. The van der Waals surface area contributed by atoms with Gasteiger partial charge in [0, 0.05) is 11.6 Å². The summed E-state index contributed by atoms with van der Waals surface area (Å²) in [6, 6.07) is 5.40. The fraction of sp³-hybridized carbons (Fsp3) is 0.533. The maximum atomic E-state index is 10.9. The van der Waals surface area contributed by atoms with Gasteiger partial charge in [0.25, 0.3) is 0 Å². The number of aliphatic carboxylic acids is 1. The molecular weight excluding hydrogens is 262 g/mol. The maximum Gasteiger partial charge on any atom is 0.320 e. The molecule has 106 valence electrons. The van der Waals surface area contributed by atoms with Crippen LogP contribution in [0.3, 0.4) is 0 Å². The van der Waals surface area contributed by atoms with Gasteiger partial charge >= 0.3 is 5.97 Å². The molecule has 0 fully saturated rings. The van der Waals surface area contributed by atoms with Gasteiger partial charge in [0.2, 0.25) is 0 Å². The molecule has 3 nitrogen and oxygen atoms in total. The predicted molar refractivity (Wildman–Crippen MR) is 78.7 cm³/mol. The Hall–Kier alpha value is -1.06. The maximum absolute atomic E-state index is 10.9. The fourth-order valence-corrected chi connectivity index (χ4v) is 2.41. The molecule has 0 aliphatic rings. The summed E-state index contributed by atoms with van der Waals surface area (Å²) in [6.45, 7) is 8.70. The minimum absolute atomic E-state index is 0.00998. The van der Waals surface area contributed by atoms with Crippen molar-refractivity contribution in [2.24, 2.45) is 0 Å². The summed E-state index contributed by atoms with van der Waals surface area (Å²) in [5, 5.41) is 12.7. The molecule has 2 N–H and O–H groups in total. The number of rotatable bonds is 5. The van der Waals surface area contributed by atoms with Crippen LogP contribution < -0.4 is 5.32 Å². The zero-order valence-corrected chi connectivity index (χ0v) is 12.7. The lowest BCUT2D eigenvalue weighted by atomic mass is 9.86. The van der Waals surface area contributed by atoms with Gasteiger partial charge in [0.15, 0.2) is 0 Å². The summed E-state index contributed by atoms with van der Waals surface area (Å²) in [7, 11) is 0. The Bertz CT molecular complexity index is 452. The minimum Gasteiger partial charge on any atom is -0.480 e. The van der Waals surface area contributed by atoms with E-state index < -0.39 is 12.0 Å². The third-order valence-electron chi connectivity index (χ3n) is 3.10. The molecule has 0 heterocycles. The van der Waals surface area contributed by atoms with Gasteiger partial charge in [-0.15, -0.1) is 0 Å². The fourth-order valence-electron chi connectivity index (χ4n) is 1.92. The van der Waals surface area contributed by atoms with E-state index >= 15 is 0 Å². The quantitative estimate of drug-likeness (QED) is 0.868. The largest absolute Gasteiger partial charge is 0.480 e. The molecule has 1 aromatic rings. The molecule has 4 heteroatoms. The molecule has 0 aromatic heterocycles. The smallest absolute Gasteiger partial charge is 0.320 e. The summed E-state index contributed by atoms with van der Waals surface area (Å²) >= 11 is 6.28. The summed E-state index contributed by atoms with van der Waals surface area (Å²) in [4.78, 5) is 10.9. The Morgan fingerprint density at radius 2 is 2.05 bits per heavy atom. The average Bonchev–Trinajstić information content (AvgIpc) is 2.27. The molecule has 0 amide bonds. The first kappa shape index (κ1) is 16.0. The average molecular weight is 284 g/mol. The molecule has 0 unspecified atom stereocenters. The molecule has 0 saturated carbocycles. The van der Waals surface area contributed by atoms with Crippen molar-refractivity contribution in [3.8, 4) is 0 Å². The van der Waals surface area contributed by atoms with E-state index in [9.17, 15) is 4.79 Å². The van der Waals surface area contributed by atoms with E-state index in [4.69, 9.17) is 16.7 Å². The van der Waals surface area contributed by atoms with Crippen molar-refractivity contribution in [2.75, 3.05) is 0 Å². The van der Waals surface area contributed by atoms with E-state index in [0.29, 0.717) is 13.0 Å². The van der Waals surface area contributed by atoms with E-state index in [1.807, 2.05) is 25.1 Å². The van der Waals surface area contributed by atoms with Crippen LogP contribution in [0.4, 0.5) is 0 Å². The number of carbonyl (C=O) groups is 1. The molecule has 0 aliphatic heterocycles. The number of hydrogen-bond acceptors (Lipinski definition) is 2. The van der Waals surface area contributed by atoms with Crippen LogP contribution in [0.2, 0.25) is 5.02 Å². The van der Waals surface area contributed by atoms with E-state index in [1.165, 1.54) is 0 Å². The lowest BCUT2D eigenvalue weighted by Gasteiger charge is -2.21. The number of carboxylic acid groups (broad SMARTS) is 1. The zero-order chi connectivity index (χ0) is 14.6. The lowest BCUT2D eigenvalue weighted by Crippen LogP contribution is -2.35. The van der Waals surface area contributed by atoms with Crippen LogP contribution >= 0.6 is 11.6 Å². The second-order valence-electron chi connectivity index (χ2n) is 5.74. The zero-order valence-electron chi connectivity index (χ0n) is 12.0. The van der Waals surface area contributed by atoms with Crippen LogP contribution in [-0.4, -0.2) is 17.1 Å². The van der Waals surface area contributed by atoms with Crippen LogP contribution in [-0.2, 0) is 16.8 Å². The summed E-state index contributed by atoms with van der Waals surface area (Å²) in [6.07, 6.45) is 0.559. The molecule has 0 bridgehead atoms. The van der Waals surface area contributed by atoms with Gasteiger partial charge in [-0.3, -0.25) is 4.79 Å². The number of nitrogens with one attached hydrogen (secondary N) is 1. The van der Waals surface area contributed by atoms with E-state index in [2.05, 4.69) is 26.1 Å². The molecule has 1 atom stereocenters. The second kappa shape index (κ2) is 6.40. The highest BCUT2D eigenvalue weighted by molar-refractivity contribution is 6.31. The SMILES string of the molecule is CC[C@H](NCc1ccc(C(C)(C)C)c(Cl)c1)C(=O)O. The topological polar surface area (TPSA) is 49.3 Å². The normalized spacial score (nSPS) is 13.3. The van der Waals surface area contributed by atoms with Crippen molar-refractivity contribution < 1.29 is 9.90 Å². The van der Waals surface area contributed by atoms with Gasteiger partial charge in [0.1, 0.15) is 6.04 Å². The first-order valence-electron chi connectivity index (χ1n) is 6.50. The highest BCUT2D eigenvalue weighted by atomic mass is 35.5. The molecule has 0 aliphatic carbocycles. The van der Waals surface area contributed by atoms with Crippen molar-refractivity contribution in [1.29, 1.82) is 0 Å². The second-order valence-corrected chi connectivity index (χ2v) is 6.15. The van der Waals surface area contributed by atoms with Gasteiger partial charge in [-0.05, 0) is 29.0 Å². The van der Waals surface area contributed by atoms with Gasteiger partial charge < -0.3 is 10.4 Å². The predicted octanol–water partition coefficient (Wildman–Crippen LogP) is 3.59. The first-order valence-corrected chi connectivity index (χ1v) is 6.88. The Morgan fingerprint density at radius 3 is 2.47 bits per heavy atom. The van der Waals surface area contributed by atoms with Crippen molar-refractivity contribution in [3.63, 3.8) is 0 Å². The Kier molecular flexibility index (Phi) is 5.39.